The lowest BCUT2D eigenvalue weighted by molar-refractivity contribution is -0.386. The van der Waals surface area contributed by atoms with Gasteiger partial charge < -0.3 is 9.47 Å². The predicted molar refractivity (Wildman–Crippen MR) is 117 cm³/mol. The van der Waals surface area contributed by atoms with Crippen molar-refractivity contribution in [1.82, 2.24) is 4.90 Å². The van der Waals surface area contributed by atoms with Crippen molar-refractivity contribution in [3.63, 3.8) is 0 Å². The highest BCUT2D eigenvalue weighted by Gasteiger charge is 2.29. The Hall–Kier alpha value is -2.70. The molecule has 0 N–H and O–H groups in total. The van der Waals surface area contributed by atoms with Gasteiger partial charge in [0.25, 0.3) is 0 Å². The first-order valence-corrected chi connectivity index (χ1v) is 10.5. The molecule has 1 unspecified atom stereocenters. The van der Waals surface area contributed by atoms with Crippen molar-refractivity contribution in [2.24, 2.45) is 0 Å². The number of aryl methyl sites for hydroxylation is 1. The fourth-order valence-corrected chi connectivity index (χ4v) is 3.88. The standard InChI is InChI=1S/C24H28N2O4/c1-17-12-23(26(27)28)24(30-21-8-9-21)14-22(17)19-10-11-29-16-20(13-19)25(2)15-18-6-4-3-5-7-18/h3-7,10,12,14,20-21H,8-9,11,13,15-16H2,1-2H3. The number of benzene rings is 2. The van der Waals surface area contributed by atoms with Gasteiger partial charge in [-0.2, -0.15) is 0 Å². The first-order valence-electron chi connectivity index (χ1n) is 10.5. The molecule has 2 aromatic rings. The van der Waals surface area contributed by atoms with Gasteiger partial charge in [-0.3, -0.25) is 15.0 Å². The number of hydrogen-bond acceptors (Lipinski definition) is 5. The van der Waals surface area contributed by atoms with E-state index < -0.39 is 0 Å². The fourth-order valence-electron chi connectivity index (χ4n) is 3.88. The number of nitro groups is 1. The molecule has 4 rings (SSSR count). The Balaban J connectivity index is 1.57. The van der Waals surface area contributed by atoms with Gasteiger partial charge in [0.05, 0.1) is 24.2 Å². The molecule has 30 heavy (non-hydrogen) atoms. The minimum absolute atomic E-state index is 0.0476. The van der Waals surface area contributed by atoms with E-state index in [2.05, 4.69) is 42.3 Å². The second-order valence-corrected chi connectivity index (χ2v) is 8.23. The monoisotopic (exact) mass is 408 g/mol. The summed E-state index contributed by atoms with van der Waals surface area (Å²) in [5, 5.41) is 11.5. The molecule has 6 heteroatoms. The first kappa shape index (κ1) is 20.6. The van der Waals surface area contributed by atoms with Crippen LogP contribution in [0, 0.1) is 17.0 Å². The van der Waals surface area contributed by atoms with Gasteiger partial charge in [0, 0.05) is 18.7 Å². The van der Waals surface area contributed by atoms with Gasteiger partial charge >= 0.3 is 5.69 Å². The van der Waals surface area contributed by atoms with Crippen LogP contribution in [0.2, 0.25) is 0 Å². The molecular weight excluding hydrogens is 380 g/mol. The smallest absolute Gasteiger partial charge is 0.311 e. The summed E-state index contributed by atoms with van der Waals surface area (Å²) in [5.74, 6) is 0.378. The number of likely N-dealkylation sites (N-methyl/N-ethyl adjacent to an activating group) is 1. The number of rotatable bonds is 7. The van der Waals surface area contributed by atoms with E-state index in [0.29, 0.717) is 19.0 Å². The maximum Gasteiger partial charge on any atom is 0.311 e. The maximum atomic E-state index is 11.5. The topological polar surface area (TPSA) is 64.8 Å². The van der Waals surface area contributed by atoms with Crippen LogP contribution >= 0.6 is 0 Å². The second-order valence-electron chi connectivity index (χ2n) is 8.23. The lowest BCUT2D eigenvalue weighted by Gasteiger charge is -2.28. The van der Waals surface area contributed by atoms with Crippen molar-refractivity contribution in [2.45, 2.75) is 44.9 Å². The normalized spacial score (nSPS) is 19.3. The molecule has 1 heterocycles. The van der Waals surface area contributed by atoms with Crippen LogP contribution in [0.25, 0.3) is 5.57 Å². The summed E-state index contributed by atoms with van der Waals surface area (Å²) in [5.41, 5.74) is 4.38. The molecule has 0 bridgehead atoms. The molecule has 0 saturated heterocycles. The van der Waals surface area contributed by atoms with Crippen molar-refractivity contribution in [2.75, 3.05) is 20.3 Å². The molecule has 6 nitrogen and oxygen atoms in total. The van der Waals surface area contributed by atoms with Crippen LogP contribution in [0.5, 0.6) is 5.75 Å². The lowest BCUT2D eigenvalue weighted by Crippen LogP contribution is -2.34. The SMILES string of the molecule is Cc1cc([N+](=O)[O-])c(OC2CC2)cc1C1=CCOCC(N(C)Cc2ccccc2)C1. The summed E-state index contributed by atoms with van der Waals surface area (Å²) in [4.78, 5) is 13.5. The summed E-state index contributed by atoms with van der Waals surface area (Å²) >= 11 is 0. The predicted octanol–water partition coefficient (Wildman–Crippen LogP) is 4.75. The molecule has 0 amide bonds. The van der Waals surface area contributed by atoms with Crippen LogP contribution < -0.4 is 4.74 Å². The molecule has 1 fully saturated rings. The van der Waals surface area contributed by atoms with Crippen molar-refractivity contribution < 1.29 is 14.4 Å². The Morgan fingerprint density at radius 2 is 2.00 bits per heavy atom. The number of hydrogen-bond donors (Lipinski definition) is 0. The molecule has 0 aromatic heterocycles. The molecule has 1 aliphatic heterocycles. The summed E-state index contributed by atoms with van der Waals surface area (Å²) in [7, 11) is 2.12. The third-order valence-electron chi connectivity index (χ3n) is 5.78. The summed E-state index contributed by atoms with van der Waals surface area (Å²) < 4.78 is 11.7. The van der Waals surface area contributed by atoms with E-state index >= 15 is 0 Å². The second kappa shape index (κ2) is 8.98. The summed E-state index contributed by atoms with van der Waals surface area (Å²) in [6, 6.07) is 14.1. The van der Waals surface area contributed by atoms with E-state index in [0.717, 1.165) is 42.5 Å². The molecule has 2 aliphatic rings. The highest BCUT2D eigenvalue weighted by Crippen LogP contribution is 2.38. The van der Waals surface area contributed by atoms with Crippen LogP contribution in [0.15, 0.2) is 48.5 Å². The van der Waals surface area contributed by atoms with Gasteiger partial charge in [-0.25, -0.2) is 0 Å². The van der Waals surface area contributed by atoms with E-state index in [4.69, 9.17) is 9.47 Å². The van der Waals surface area contributed by atoms with Crippen LogP contribution in [0.3, 0.4) is 0 Å². The average Bonchev–Trinajstić information content (AvgIpc) is 3.56. The van der Waals surface area contributed by atoms with E-state index in [1.807, 2.05) is 19.1 Å². The van der Waals surface area contributed by atoms with Crippen LogP contribution in [-0.4, -0.2) is 42.2 Å². The van der Waals surface area contributed by atoms with Gasteiger partial charge in [0.1, 0.15) is 0 Å². The van der Waals surface area contributed by atoms with Gasteiger partial charge in [-0.05, 0) is 61.6 Å². The number of nitrogens with zero attached hydrogens (tertiary/aromatic N) is 2. The minimum atomic E-state index is -0.352. The van der Waals surface area contributed by atoms with E-state index in [1.165, 1.54) is 5.56 Å². The zero-order valence-electron chi connectivity index (χ0n) is 17.5. The fraction of sp³-hybridized carbons (Fsp3) is 0.417. The molecule has 0 radical (unpaired) electrons. The molecule has 1 saturated carbocycles. The third-order valence-corrected chi connectivity index (χ3v) is 5.78. The highest BCUT2D eigenvalue weighted by molar-refractivity contribution is 5.72. The van der Waals surface area contributed by atoms with E-state index in [1.54, 1.807) is 6.07 Å². The lowest BCUT2D eigenvalue weighted by atomic mass is 9.94. The Morgan fingerprint density at radius 1 is 1.23 bits per heavy atom. The molecule has 0 spiro atoms. The van der Waals surface area contributed by atoms with E-state index in [-0.39, 0.29) is 22.8 Å². The quantitative estimate of drug-likeness (QED) is 0.489. The Labute approximate surface area is 177 Å². The average molecular weight is 408 g/mol. The number of ether oxygens (including phenoxy) is 2. The van der Waals surface area contributed by atoms with E-state index in [9.17, 15) is 10.1 Å². The number of nitro benzene ring substituents is 1. The molecular formula is C24H28N2O4. The zero-order chi connectivity index (χ0) is 21.1. The molecule has 2 aromatic carbocycles. The van der Waals surface area contributed by atoms with Gasteiger partial charge in [0.15, 0.2) is 5.75 Å². The van der Waals surface area contributed by atoms with Crippen molar-refractivity contribution in [3.05, 3.63) is 75.3 Å². The summed E-state index contributed by atoms with van der Waals surface area (Å²) in [6.45, 7) is 3.97. The zero-order valence-corrected chi connectivity index (χ0v) is 17.5. The Bertz CT molecular complexity index is 938. The van der Waals surface area contributed by atoms with Crippen molar-refractivity contribution in [3.8, 4) is 5.75 Å². The van der Waals surface area contributed by atoms with Crippen LogP contribution in [0.4, 0.5) is 5.69 Å². The summed E-state index contributed by atoms with van der Waals surface area (Å²) in [6.07, 6.45) is 4.96. The Kier molecular flexibility index (Phi) is 6.16. The van der Waals surface area contributed by atoms with Crippen LogP contribution in [0.1, 0.15) is 36.0 Å². The largest absolute Gasteiger partial charge is 0.483 e. The maximum absolute atomic E-state index is 11.5. The van der Waals surface area contributed by atoms with Gasteiger partial charge in [-0.1, -0.05) is 36.4 Å². The van der Waals surface area contributed by atoms with Gasteiger partial charge in [0.2, 0.25) is 0 Å². The molecule has 158 valence electrons. The highest BCUT2D eigenvalue weighted by atomic mass is 16.6. The van der Waals surface area contributed by atoms with Crippen molar-refractivity contribution in [1.29, 1.82) is 0 Å². The first-order chi connectivity index (χ1) is 14.5. The minimum Gasteiger partial charge on any atom is -0.483 e. The molecule has 1 atom stereocenters. The van der Waals surface area contributed by atoms with Crippen molar-refractivity contribution >= 4 is 11.3 Å². The Morgan fingerprint density at radius 3 is 2.70 bits per heavy atom. The van der Waals surface area contributed by atoms with Crippen LogP contribution in [-0.2, 0) is 11.3 Å². The van der Waals surface area contributed by atoms with Gasteiger partial charge in [-0.15, -0.1) is 0 Å². The third kappa shape index (κ3) is 4.89. The molecule has 1 aliphatic carbocycles.